The summed E-state index contributed by atoms with van der Waals surface area (Å²) in [6.07, 6.45) is 1.62. The summed E-state index contributed by atoms with van der Waals surface area (Å²) < 4.78 is 41.9. The second-order valence-corrected chi connectivity index (χ2v) is 7.42. The molecule has 0 radical (unpaired) electrons. The van der Waals surface area contributed by atoms with Gasteiger partial charge in [-0.05, 0) is 0 Å². The second kappa shape index (κ2) is 23.7. The van der Waals surface area contributed by atoms with Gasteiger partial charge in [0, 0.05) is 0 Å². The molecule has 1 heterocycles. The van der Waals surface area contributed by atoms with E-state index in [0.29, 0.717) is 5.69 Å². The third-order valence-electron chi connectivity index (χ3n) is 2.49. The molecule has 0 aliphatic carbocycles. The summed E-state index contributed by atoms with van der Waals surface area (Å²) in [4.78, 5) is 8.50. The zero-order valence-corrected chi connectivity index (χ0v) is 20.1. The molecule has 0 unspecified atom stereocenters. The predicted octanol–water partition coefficient (Wildman–Crippen LogP) is 3.45. The van der Waals surface area contributed by atoms with Crippen molar-refractivity contribution in [3.63, 3.8) is 0 Å². The van der Waals surface area contributed by atoms with E-state index in [0.717, 1.165) is 15.2 Å². The van der Waals surface area contributed by atoms with Crippen molar-refractivity contribution < 1.29 is 47.4 Å². The number of hydrogen-bond donors (Lipinski definition) is 0. The van der Waals surface area contributed by atoms with Crippen LogP contribution in [0.3, 0.4) is 0 Å². The van der Waals surface area contributed by atoms with Crippen molar-refractivity contribution in [2.75, 3.05) is 7.11 Å². The van der Waals surface area contributed by atoms with Crippen molar-refractivity contribution in [1.29, 1.82) is 0 Å². The number of rotatable bonds is 3. The average molecular weight is 639 g/mol. The van der Waals surface area contributed by atoms with Gasteiger partial charge in [-0.2, -0.15) is 0 Å². The van der Waals surface area contributed by atoms with E-state index >= 15 is 0 Å². The zero-order valence-electron chi connectivity index (χ0n) is 14.9. The standard InChI is InChI=1S/C13H9Cl3N2O.5CO.W/c1-19-8-10-7-17-12(13(14,15)16)18-11(10)9-5-3-2-4-6-9;5*1-2;/h2-7H,1H3;;;;;;. The molecule has 0 amide bonds. The number of nitrogens with zero attached hydrogens (tertiary/aromatic N) is 2. The molecule has 1 aromatic heterocycles. The first-order valence-electron chi connectivity index (χ1n) is 6.53. The van der Waals surface area contributed by atoms with E-state index in [4.69, 9.17) is 62.8 Å². The Morgan fingerprint density at radius 3 is 1.70 bits per heavy atom. The first kappa shape index (κ1) is 35.8. The van der Waals surface area contributed by atoms with E-state index in [2.05, 4.69) is 43.2 Å². The Bertz CT molecular complexity index is 812. The summed E-state index contributed by atoms with van der Waals surface area (Å²) in [5.41, 5.74) is 2.40. The fraction of sp³-hybridized carbons (Fsp3) is 0.111. The molecule has 0 N–H and O–H groups in total. The van der Waals surface area contributed by atoms with Crippen LogP contribution < -0.4 is 0 Å². The number of benzene rings is 1. The zero-order chi connectivity index (χ0) is 24.8. The number of ether oxygens (including phenoxy) is 1. The van der Waals surface area contributed by atoms with Crippen LogP contribution in [0.15, 0.2) is 36.5 Å². The molecular weight excluding hydrogens is 630 g/mol. The molecule has 2 rings (SSSR count). The normalized spacial score (nSPS) is 7.93. The van der Waals surface area contributed by atoms with Gasteiger partial charge < -0.3 is 0 Å². The van der Waals surface area contributed by atoms with E-state index in [1.54, 1.807) is 13.3 Å². The molecule has 0 aliphatic rings. The first-order chi connectivity index (χ1) is 14.4. The molecule has 30 heavy (non-hydrogen) atoms. The van der Waals surface area contributed by atoms with Crippen molar-refractivity contribution in [3.8, 4) is 11.3 Å². The summed E-state index contributed by atoms with van der Waals surface area (Å²) in [6.45, 7) is 22.5. The van der Waals surface area contributed by atoms with Crippen LogP contribution in [0.1, 0.15) is 11.4 Å². The van der Waals surface area contributed by atoms with Gasteiger partial charge in [0.25, 0.3) is 0 Å². The van der Waals surface area contributed by atoms with Gasteiger partial charge in [0.05, 0.1) is 0 Å². The molecule has 154 valence electrons. The summed E-state index contributed by atoms with van der Waals surface area (Å²) in [5.74, 6) is 0.143. The predicted molar refractivity (Wildman–Crippen MR) is 97.5 cm³/mol. The number of hydrogen-bond acceptors (Lipinski definition) is 3. The Morgan fingerprint density at radius 1 is 0.900 bits per heavy atom. The minimum atomic E-state index is -1.66. The van der Waals surface area contributed by atoms with E-state index in [-0.39, 0.29) is 5.82 Å². The molecule has 0 fully saturated rings. The van der Waals surface area contributed by atoms with Crippen molar-refractivity contribution in [3.05, 3.63) is 81.2 Å². The number of alkyl halides is 3. The maximum atomic E-state index is 7.50. The van der Waals surface area contributed by atoms with Gasteiger partial charge in [0.15, 0.2) is 0 Å². The fourth-order valence-electron chi connectivity index (χ4n) is 1.59. The molecule has 0 atom stereocenters. The van der Waals surface area contributed by atoms with Crippen LogP contribution in [0.25, 0.3) is 11.3 Å². The summed E-state index contributed by atoms with van der Waals surface area (Å²) in [5, 5.41) is 0. The van der Waals surface area contributed by atoms with Crippen LogP contribution in [0.5, 0.6) is 0 Å². The Hall–Kier alpha value is -1.61. The van der Waals surface area contributed by atoms with Crippen molar-refractivity contribution >= 4 is 38.9 Å². The second-order valence-electron chi connectivity index (χ2n) is 3.81. The molecule has 12 heteroatoms. The van der Waals surface area contributed by atoms with Crippen LogP contribution in [0.4, 0.5) is 0 Å². The quantitative estimate of drug-likeness (QED) is 0.289. The molecule has 0 saturated heterocycles. The number of aromatic nitrogens is 2. The van der Waals surface area contributed by atoms with Crippen molar-refractivity contribution in [2.24, 2.45) is 0 Å². The molecule has 8 nitrogen and oxygen atoms in total. The summed E-state index contributed by atoms with van der Waals surface area (Å²) >= 11 is 18.7. The Morgan fingerprint density at radius 2 is 1.33 bits per heavy atom. The van der Waals surface area contributed by atoms with Gasteiger partial charge in [0.1, 0.15) is 0 Å². The molecule has 0 saturated carbocycles. The molecule has 2 aromatic rings. The molecular formula is C18H9Cl3N2O6W. The Balaban J connectivity index is -0.000000296. The average Bonchev–Trinajstić information content (AvgIpc) is 2.84. The van der Waals surface area contributed by atoms with E-state index in [1.807, 2.05) is 30.3 Å². The third kappa shape index (κ3) is 13.6. The van der Waals surface area contributed by atoms with E-state index < -0.39 is 3.79 Å². The van der Waals surface area contributed by atoms with Crippen LogP contribution >= 0.6 is 34.8 Å². The topological polar surface area (TPSA) is 135 Å². The first-order valence-corrected chi connectivity index (χ1v) is 9.13. The number of halogens is 3. The van der Waals surface area contributed by atoms with Gasteiger partial charge in [0.2, 0.25) is 0 Å². The van der Waals surface area contributed by atoms with Crippen molar-refractivity contribution in [1.82, 2.24) is 9.97 Å². The van der Waals surface area contributed by atoms with Crippen molar-refractivity contribution in [2.45, 2.75) is 3.79 Å². The summed E-state index contributed by atoms with van der Waals surface area (Å²) in [6, 6.07) is 9.65. The number of methoxy groups -OCH3 is 1. The van der Waals surface area contributed by atoms with E-state index in [1.165, 1.54) is 19.4 Å². The summed E-state index contributed by atoms with van der Waals surface area (Å²) in [7, 11) is 1.61. The SMILES string of the molecule is CO[C](=[W])c1cnc(C(Cl)(Cl)Cl)nc1-c1ccccc1.[C-]#[O+].[C-]#[O+].[C-]#[O+].[C-]#[O+].[C-]#[O+]. The fourth-order valence-corrected chi connectivity index (χ4v) is 2.40. The van der Waals surface area contributed by atoms with Gasteiger partial charge in [-0.3, -0.25) is 0 Å². The molecule has 0 spiro atoms. The van der Waals surface area contributed by atoms with Crippen LogP contribution in [0, 0.1) is 33.3 Å². The van der Waals surface area contributed by atoms with Gasteiger partial charge >= 0.3 is 200 Å². The maximum absolute atomic E-state index is 7.50. The third-order valence-corrected chi connectivity index (χ3v) is 4.39. The van der Waals surface area contributed by atoms with Crippen LogP contribution in [0.2, 0.25) is 0 Å². The van der Waals surface area contributed by atoms with Gasteiger partial charge in [-0.1, -0.05) is 0 Å². The van der Waals surface area contributed by atoms with E-state index in [9.17, 15) is 0 Å². The molecule has 1 aromatic carbocycles. The van der Waals surface area contributed by atoms with Gasteiger partial charge in [-0.25, -0.2) is 0 Å². The Labute approximate surface area is 198 Å². The van der Waals surface area contributed by atoms with Crippen LogP contribution in [-0.4, -0.2) is 21.2 Å². The Kier molecular flexibility index (Phi) is 28.2. The van der Waals surface area contributed by atoms with Gasteiger partial charge in [-0.15, -0.1) is 0 Å². The monoisotopic (exact) mass is 638 g/mol. The molecule has 0 aliphatic heterocycles. The minimum absolute atomic E-state index is 0.143. The molecule has 0 bridgehead atoms. The van der Waals surface area contributed by atoms with Crippen LogP contribution in [-0.2, 0) is 51.1 Å².